The number of nitrogens with one attached hydrogen (secondary N) is 1. The number of carbonyl (C=O) groups is 1. The number of benzene rings is 1. The highest BCUT2D eigenvalue weighted by molar-refractivity contribution is 6.32. The van der Waals surface area contributed by atoms with E-state index in [0.717, 1.165) is 0 Å². The first-order valence-corrected chi connectivity index (χ1v) is 6.62. The van der Waals surface area contributed by atoms with Gasteiger partial charge >= 0.3 is 0 Å². The van der Waals surface area contributed by atoms with Crippen LogP contribution in [0.4, 0.5) is 5.69 Å². The molecule has 0 aromatic heterocycles. The number of nitrogens with two attached hydrogens (primary N) is 1. The van der Waals surface area contributed by atoms with E-state index in [1.807, 2.05) is 27.7 Å². The van der Waals surface area contributed by atoms with Crippen molar-refractivity contribution >= 4 is 23.2 Å². The van der Waals surface area contributed by atoms with Crippen LogP contribution in [-0.4, -0.2) is 18.6 Å². The summed E-state index contributed by atoms with van der Waals surface area (Å²) in [4.78, 5) is 12.0. The number of ether oxygens (including phenoxy) is 1. The molecule has 0 radical (unpaired) electrons. The van der Waals surface area contributed by atoms with Crippen LogP contribution in [0.5, 0.6) is 5.75 Å². The van der Waals surface area contributed by atoms with Gasteiger partial charge in [-0.05, 0) is 30.5 Å². The van der Waals surface area contributed by atoms with Crippen molar-refractivity contribution < 1.29 is 9.53 Å². The van der Waals surface area contributed by atoms with Crippen molar-refractivity contribution in [3.63, 3.8) is 0 Å². The van der Waals surface area contributed by atoms with Crippen molar-refractivity contribution in [1.29, 1.82) is 0 Å². The van der Waals surface area contributed by atoms with Crippen LogP contribution >= 0.6 is 11.6 Å². The summed E-state index contributed by atoms with van der Waals surface area (Å²) in [5.41, 5.74) is 6.20. The molecule has 1 amide bonds. The van der Waals surface area contributed by atoms with Gasteiger partial charge in [0.15, 0.2) is 0 Å². The maximum atomic E-state index is 12.0. The Morgan fingerprint density at radius 1 is 1.47 bits per heavy atom. The molecule has 0 spiro atoms. The van der Waals surface area contributed by atoms with Gasteiger partial charge in [0.1, 0.15) is 5.75 Å². The Morgan fingerprint density at radius 2 is 2.11 bits per heavy atom. The van der Waals surface area contributed by atoms with E-state index >= 15 is 0 Å². The molecular weight excluding hydrogens is 264 g/mol. The Kier molecular flexibility index (Phi) is 5.20. The minimum atomic E-state index is -0.585. The average molecular weight is 285 g/mol. The topological polar surface area (TPSA) is 64.3 Å². The normalized spacial score (nSPS) is 12.9. The van der Waals surface area contributed by atoms with Gasteiger partial charge in [0, 0.05) is 5.69 Å². The number of amides is 1. The quantitative estimate of drug-likeness (QED) is 0.893. The van der Waals surface area contributed by atoms with Crippen LogP contribution in [0.3, 0.4) is 0 Å². The minimum Gasteiger partial charge on any atom is -0.492 e. The van der Waals surface area contributed by atoms with Crippen LogP contribution in [0.2, 0.25) is 5.02 Å². The molecular formula is C14H21ClN2O2. The molecule has 0 saturated heterocycles. The molecule has 0 heterocycles. The second-order valence-electron chi connectivity index (χ2n) is 5.41. The van der Waals surface area contributed by atoms with Crippen LogP contribution in [0.1, 0.15) is 27.7 Å². The zero-order valence-electron chi connectivity index (χ0n) is 11.8. The molecule has 0 fully saturated rings. The molecule has 106 valence electrons. The molecule has 1 rings (SSSR count). The highest BCUT2D eigenvalue weighted by atomic mass is 35.5. The number of hydrogen-bond acceptors (Lipinski definition) is 3. The van der Waals surface area contributed by atoms with E-state index in [0.29, 0.717) is 23.1 Å². The van der Waals surface area contributed by atoms with E-state index in [2.05, 4.69) is 5.32 Å². The van der Waals surface area contributed by atoms with Crippen LogP contribution < -0.4 is 15.8 Å². The van der Waals surface area contributed by atoms with Gasteiger partial charge in [-0.1, -0.05) is 32.4 Å². The lowest BCUT2D eigenvalue weighted by Crippen LogP contribution is -2.45. The van der Waals surface area contributed by atoms with Crippen molar-refractivity contribution in [2.75, 3.05) is 11.9 Å². The number of hydrogen-bond donors (Lipinski definition) is 2. The Balaban J connectivity index is 2.78. The summed E-state index contributed by atoms with van der Waals surface area (Å²) in [7, 11) is 0. The third-order valence-corrected chi connectivity index (χ3v) is 3.01. The van der Waals surface area contributed by atoms with Crippen LogP contribution in [0, 0.1) is 5.41 Å². The largest absolute Gasteiger partial charge is 0.492 e. The predicted octanol–water partition coefficient (Wildman–Crippen LogP) is 3.05. The molecule has 0 saturated carbocycles. The van der Waals surface area contributed by atoms with Crippen molar-refractivity contribution in [2.24, 2.45) is 11.1 Å². The van der Waals surface area contributed by atoms with E-state index in [1.165, 1.54) is 0 Å². The van der Waals surface area contributed by atoms with E-state index in [9.17, 15) is 4.79 Å². The molecule has 4 nitrogen and oxygen atoms in total. The number of carbonyl (C=O) groups excluding carboxylic acids is 1. The molecule has 1 atom stereocenters. The van der Waals surface area contributed by atoms with Crippen LogP contribution in [-0.2, 0) is 4.79 Å². The molecule has 0 aliphatic heterocycles. The van der Waals surface area contributed by atoms with Crippen LogP contribution in [0.15, 0.2) is 18.2 Å². The number of halogens is 1. The van der Waals surface area contributed by atoms with E-state index in [-0.39, 0.29) is 11.3 Å². The monoisotopic (exact) mass is 284 g/mol. The second-order valence-corrected chi connectivity index (χ2v) is 5.82. The van der Waals surface area contributed by atoms with Crippen molar-refractivity contribution in [1.82, 2.24) is 0 Å². The molecule has 0 aliphatic carbocycles. The molecule has 19 heavy (non-hydrogen) atoms. The lowest BCUT2D eigenvalue weighted by molar-refractivity contribution is -0.119. The van der Waals surface area contributed by atoms with E-state index in [1.54, 1.807) is 18.2 Å². The third-order valence-electron chi connectivity index (χ3n) is 2.71. The second kappa shape index (κ2) is 6.26. The summed E-state index contributed by atoms with van der Waals surface area (Å²) >= 11 is 6.05. The van der Waals surface area contributed by atoms with E-state index in [4.69, 9.17) is 22.1 Å². The fraction of sp³-hybridized carbons (Fsp3) is 0.500. The standard InChI is InChI=1S/C14H21ClN2O2/c1-5-19-11-7-6-9(8-10(11)15)17-13(18)12(16)14(2,3)4/h6-8,12H,5,16H2,1-4H3,(H,17,18). The Labute approximate surface area is 119 Å². The Bertz CT molecular complexity index is 455. The minimum absolute atomic E-state index is 0.229. The zero-order valence-corrected chi connectivity index (χ0v) is 12.5. The molecule has 3 N–H and O–H groups in total. The predicted molar refractivity (Wildman–Crippen MR) is 78.7 cm³/mol. The van der Waals surface area contributed by atoms with Gasteiger partial charge in [-0.2, -0.15) is 0 Å². The summed E-state index contributed by atoms with van der Waals surface area (Å²) in [6.45, 7) is 8.18. The molecule has 1 unspecified atom stereocenters. The number of rotatable bonds is 4. The average Bonchev–Trinajstić information content (AvgIpc) is 2.30. The first-order chi connectivity index (χ1) is 8.75. The summed E-state index contributed by atoms with van der Waals surface area (Å²) < 4.78 is 5.33. The fourth-order valence-corrected chi connectivity index (χ4v) is 1.70. The highest BCUT2D eigenvalue weighted by Crippen LogP contribution is 2.28. The van der Waals surface area contributed by atoms with E-state index < -0.39 is 6.04 Å². The summed E-state index contributed by atoms with van der Waals surface area (Å²) in [5.74, 6) is 0.370. The molecule has 1 aromatic rings. The third kappa shape index (κ3) is 4.40. The van der Waals surface area contributed by atoms with Crippen molar-refractivity contribution in [3.05, 3.63) is 23.2 Å². The fourth-order valence-electron chi connectivity index (χ4n) is 1.46. The summed E-state index contributed by atoms with van der Waals surface area (Å²) in [6.07, 6.45) is 0. The van der Waals surface area contributed by atoms with Gasteiger partial charge in [0.2, 0.25) is 5.91 Å². The molecule has 5 heteroatoms. The lowest BCUT2D eigenvalue weighted by atomic mass is 9.87. The maximum Gasteiger partial charge on any atom is 0.241 e. The Hall–Kier alpha value is -1.26. The maximum absolute atomic E-state index is 12.0. The first kappa shape index (κ1) is 15.8. The summed E-state index contributed by atoms with van der Waals surface area (Å²) in [6, 6.07) is 4.53. The van der Waals surface area contributed by atoms with Gasteiger partial charge < -0.3 is 15.8 Å². The number of anilines is 1. The van der Waals surface area contributed by atoms with Gasteiger partial charge in [-0.25, -0.2) is 0 Å². The molecule has 0 bridgehead atoms. The lowest BCUT2D eigenvalue weighted by Gasteiger charge is -2.25. The van der Waals surface area contributed by atoms with Gasteiger partial charge in [0.25, 0.3) is 0 Å². The first-order valence-electron chi connectivity index (χ1n) is 6.24. The van der Waals surface area contributed by atoms with Gasteiger partial charge in [-0.3, -0.25) is 4.79 Å². The highest BCUT2D eigenvalue weighted by Gasteiger charge is 2.27. The Morgan fingerprint density at radius 3 is 2.58 bits per heavy atom. The summed E-state index contributed by atoms with van der Waals surface area (Å²) in [5, 5.41) is 3.22. The van der Waals surface area contributed by atoms with Gasteiger partial charge in [-0.15, -0.1) is 0 Å². The SMILES string of the molecule is CCOc1ccc(NC(=O)C(N)C(C)(C)C)cc1Cl. The van der Waals surface area contributed by atoms with Crippen LogP contribution in [0.25, 0.3) is 0 Å². The molecule has 1 aromatic carbocycles. The van der Waals surface area contributed by atoms with Crippen molar-refractivity contribution in [2.45, 2.75) is 33.7 Å². The smallest absolute Gasteiger partial charge is 0.241 e. The van der Waals surface area contributed by atoms with Crippen molar-refractivity contribution in [3.8, 4) is 5.75 Å². The molecule has 0 aliphatic rings. The van der Waals surface area contributed by atoms with Gasteiger partial charge in [0.05, 0.1) is 17.7 Å². The zero-order chi connectivity index (χ0) is 14.6.